The van der Waals surface area contributed by atoms with Crippen molar-refractivity contribution in [1.82, 2.24) is 0 Å². The first-order valence-corrected chi connectivity index (χ1v) is 6.58. The number of fused-ring (bicyclic) bond motifs is 1. The lowest BCUT2D eigenvalue weighted by molar-refractivity contribution is 0.160. The van der Waals surface area contributed by atoms with E-state index in [9.17, 15) is 0 Å². The molecule has 1 atom stereocenters. The van der Waals surface area contributed by atoms with Crippen LogP contribution >= 0.6 is 0 Å². The lowest BCUT2D eigenvalue weighted by Gasteiger charge is -2.27. The Bertz CT molecular complexity index is 385. The molecule has 0 N–H and O–H groups in total. The van der Waals surface area contributed by atoms with Gasteiger partial charge < -0.3 is 9.47 Å². The van der Waals surface area contributed by atoms with E-state index in [1.807, 2.05) is 0 Å². The van der Waals surface area contributed by atoms with Crippen molar-refractivity contribution >= 4 is 0 Å². The molecule has 17 heavy (non-hydrogen) atoms. The lowest BCUT2D eigenvalue weighted by Crippen LogP contribution is -2.22. The molecular formula is C15H22O2. The monoisotopic (exact) mass is 234 g/mol. The number of benzene rings is 1. The van der Waals surface area contributed by atoms with Crippen molar-refractivity contribution in [2.45, 2.75) is 52.1 Å². The Morgan fingerprint density at radius 3 is 2.94 bits per heavy atom. The van der Waals surface area contributed by atoms with Crippen molar-refractivity contribution in [3.05, 3.63) is 23.3 Å². The van der Waals surface area contributed by atoms with Crippen LogP contribution in [0.1, 0.15) is 43.7 Å². The molecule has 0 bridgehead atoms. The Kier molecular flexibility index (Phi) is 3.93. The van der Waals surface area contributed by atoms with Gasteiger partial charge >= 0.3 is 0 Å². The molecule has 1 aromatic rings. The highest BCUT2D eigenvalue weighted by atomic mass is 16.5. The van der Waals surface area contributed by atoms with E-state index in [1.54, 1.807) is 7.11 Å². The Morgan fingerprint density at radius 1 is 1.41 bits per heavy atom. The summed E-state index contributed by atoms with van der Waals surface area (Å²) in [7, 11) is 1.72. The SMILES string of the molecule is CCCCC1CCc2cc(OC)c(C)cc2O1. The van der Waals surface area contributed by atoms with Crippen molar-refractivity contribution in [3.8, 4) is 11.5 Å². The number of unbranched alkanes of at least 4 members (excludes halogenated alkanes) is 1. The Balaban J connectivity index is 2.12. The van der Waals surface area contributed by atoms with Crippen molar-refractivity contribution < 1.29 is 9.47 Å². The minimum Gasteiger partial charge on any atom is -0.496 e. The average molecular weight is 234 g/mol. The van der Waals surface area contributed by atoms with E-state index in [0.29, 0.717) is 6.10 Å². The largest absolute Gasteiger partial charge is 0.496 e. The number of aryl methyl sites for hydroxylation is 2. The Labute approximate surface area is 104 Å². The minimum absolute atomic E-state index is 0.412. The molecule has 0 aliphatic carbocycles. The molecule has 1 unspecified atom stereocenters. The Hall–Kier alpha value is -1.18. The predicted octanol–water partition coefficient (Wildman–Crippen LogP) is 3.89. The zero-order valence-corrected chi connectivity index (χ0v) is 11.1. The van der Waals surface area contributed by atoms with E-state index >= 15 is 0 Å². The summed E-state index contributed by atoms with van der Waals surface area (Å²) in [5.74, 6) is 2.04. The number of rotatable bonds is 4. The van der Waals surface area contributed by atoms with Crippen LogP contribution in [0, 0.1) is 6.92 Å². The molecule has 1 aromatic carbocycles. The highest BCUT2D eigenvalue weighted by molar-refractivity contribution is 5.46. The van der Waals surface area contributed by atoms with Crippen molar-refractivity contribution in [1.29, 1.82) is 0 Å². The van der Waals surface area contributed by atoms with Crippen LogP contribution < -0.4 is 9.47 Å². The highest BCUT2D eigenvalue weighted by Gasteiger charge is 2.20. The molecule has 2 nitrogen and oxygen atoms in total. The predicted molar refractivity (Wildman–Crippen MR) is 70.0 cm³/mol. The molecule has 1 aliphatic heterocycles. The topological polar surface area (TPSA) is 18.5 Å². The number of methoxy groups -OCH3 is 1. The van der Waals surface area contributed by atoms with Crippen molar-refractivity contribution in [2.75, 3.05) is 7.11 Å². The molecule has 2 heteroatoms. The first-order valence-electron chi connectivity index (χ1n) is 6.58. The van der Waals surface area contributed by atoms with Crippen molar-refractivity contribution in [3.63, 3.8) is 0 Å². The van der Waals surface area contributed by atoms with Crippen LogP contribution in [0.25, 0.3) is 0 Å². The number of hydrogen-bond donors (Lipinski definition) is 0. The third-order valence-electron chi connectivity index (χ3n) is 3.49. The van der Waals surface area contributed by atoms with E-state index in [2.05, 4.69) is 26.0 Å². The van der Waals surface area contributed by atoms with Gasteiger partial charge in [0.05, 0.1) is 13.2 Å². The maximum absolute atomic E-state index is 6.06. The molecule has 0 fully saturated rings. The van der Waals surface area contributed by atoms with Gasteiger partial charge in [-0.15, -0.1) is 0 Å². The average Bonchev–Trinajstić information content (AvgIpc) is 2.35. The minimum atomic E-state index is 0.412. The second kappa shape index (κ2) is 5.44. The van der Waals surface area contributed by atoms with Crippen LogP contribution in [-0.4, -0.2) is 13.2 Å². The third kappa shape index (κ3) is 2.74. The van der Waals surface area contributed by atoms with Crippen LogP contribution in [0.3, 0.4) is 0 Å². The fraction of sp³-hybridized carbons (Fsp3) is 0.600. The number of hydrogen-bond acceptors (Lipinski definition) is 2. The van der Waals surface area contributed by atoms with Gasteiger partial charge in [-0.2, -0.15) is 0 Å². The zero-order valence-electron chi connectivity index (χ0n) is 11.1. The zero-order chi connectivity index (χ0) is 12.3. The Morgan fingerprint density at radius 2 is 2.24 bits per heavy atom. The van der Waals surface area contributed by atoms with E-state index in [4.69, 9.17) is 9.47 Å². The van der Waals surface area contributed by atoms with Gasteiger partial charge in [0.2, 0.25) is 0 Å². The molecule has 94 valence electrons. The van der Waals surface area contributed by atoms with Gasteiger partial charge in [-0.1, -0.05) is 19.8 Å². The summed E-state index contributed by atoms with van der Waals surface area (Å²) in [5, 5.41) is 0. The van der Waals surface area contributed by atoms with Gasteiger partial charge in [-0.3, -0.25) is 0 Å². The standard InChI is InChI=1S/C15H22O2/c1-4-5-6-13-8-7-12-10-14(16-3)11(2)9-15(12)17-13/h9-10,13H,4-8H2,1-3H3. The van der Waals surface area contributed by atoms with E-state index in [0.717, 1.165) is 29.9 Å². The summed E-state index contributed by atoms with van der Waals surface area (Å²) in [5.41, 5.74) is 2.45. The van der Waals surface area contributed by atoms with Crippen molar-refractivity contribution in [2.24, 2.45) is 0 Å². The molecule has 2 rings (SSSR count). The second-order valence-corrected chi connectivity index (χ2v) is 4.85. The third-order valence-corrected chi connectivity index (χ3v) is 3.49. The number of ether oxygens (including phenoxy) is 2. The second-order valence-electron chi connectivity index (χ2n) is 4.85. The summed E-state index contributed by atoms with van der Waals surface area (Å²) in [6.45, 7) is 4.30. The quantitative estimate of drug-likeness (QED) is 0.787. The molecule has 1 aliphatic rings. The fourth-order valence-electron chi connectivity index (χ4n) is 2.42. The molecule has 0 radical (unpaired) electrons. The summed E-state index contributed by atoms with van der Waals surface area (Å²) in [4.78, 5) is 0. The van der Waals surface area contributed by atoms with Gasteiger partial charge in [0.15, 0.2) is 0 Å². The normalized spacial score (nSPS) is 18.4. The maximum Gasteiger partial charge on any atom is 0.123 e. The van der Waals surface area contributed by atoms with E-state index in [1.165, 1.54) is 24.8 Å². The van der Waals surface area contributed by atoms with Gasteiger partial charge in [-0.05, 0) is 49.4 Å². The van der Waals surface area contributed by atoms with Crippen LogP contribution in [0.5, 0.6) is 11.5 Å². The first-order chi connectivity index (χ1) is 8.24. The van der Waals surface area contributed by atoms with Crippen LogP contribution in [0.2, 0.25) is 0 Å². The van der Waals surface area contributed by atoms with Crippen LogP contribution in [0.15, 0.2) is 12.1 Å². The van der Waals surface area contributed by atoms with Gasteiger partial charge in [0.1, 0.15) is 11.5 Å². The molecule has 1 heterocycles. The van der Waals surface area contributed by atoms with Gasteiger partial charge in [-0.25, -0.2) is 0 Å². The molecule has 0 saturated carbocycles. The summed E-state index contributed by atoms with van der Waals surface area (Å²) in [6, 6.07) is 4.24. The maximum atomic E-state index is 6.06. The molecule has 0 amide bonds. The van der Waals surface area contributed by atoms with E-state index in [-0.39, 0.29) is 0 Å². The molecule has 0 saturated heterocycles. The fourth-order valence-corrected chi connectivity index (χ4v) is 2.42. The highest BCUT2D eigenvalue weighted by Crippen LogP contribution is 2.34. The van der Waals surface area contributed by atoms with Crippen LogP contribution in [-0.2, 0) is 6.42 Å². The molecule has 0 spiro atoms. The molecular weight excluding hydrogens is 212 g/mol. The van der Waals surface area contributed by atoms with Crippen LogP contribution in [0.4, 0.5) is 0 Å². The first kappa shape index (κ1) is 12.3. The molecule has 0 aromatic heterocycles. The summed E-state index contributed by atoms with van der Waals surface area (Å²) >= 11 is 0. The smallest absolute Gasteiger partial charge is 0.123 e. The van der Waals surface area contributed by atoms with Gasteiger partial charge in [0.25, 0.3) is 0 Å². The van der Waals surface area contributed by atoms with E-state index < -0.39 is 0 Å². The summed E-state index contributed by atoms with van der Waals surface area (Å²) < 4.78 is 11.4. The lowest BCUT2D eigenvalue weighted by atomic mass is 9.97. The van der Waals surface area contributed by atoms with Gasteiger partial charge in [0, 0.05) is 0 Å². The summed E-state index contributed by atoms with van der Waals surface area (Å²) in [6.07, 6.45) is 6.35.